The minimum Gasteiger partial charge on any atom is -0.481 e. The van der Waals surface area contributed by atoms with Gasteiger partial charge in [-0.1, -0.05) is 72.6 Å². The lowest BCUT2D eigenvalue weighted by Crippen LogP contribution is -2.59. The second-order valence-electron chi connectivity index (χ2n) is 12.4. The van der Waals surface area contributed by atoms with E-state index in [4.69, 9.17) is 11.6 Å². The molecular formula is C34H36ClN3O5S. The van der Waals surface area contributed by atoms with Crippen molar-refractivity contribution >= 4 is 39.2 Å². The Balaban J connectivity index is 1.72. The smallest absolute Gasteiger partial charge is 0.304 e. The Kier molecular flexibility index (Phi) is 8.79. The Bertz CT molecular complexity index is 1720. The van der Waals surface area contributed by atoms with E-state index in [0.29, 0.717) is 5.02 Å². The summed E-state index contributed by atoms with van der Waals surface area (Å²) >= 11 is 6.46. The third-order valence-electron chi connectivity index (χ3n) is 8.91. The van der Waals surface area contributed by atoms with E-state index in [0.717, 1.165) is 35.8 Å². The molecule has 1 saturated heterocycles. The first kappa shape index (κ1) is 31.6. The van der Waals surface area contributed by atoms with Crippen LogP contribution < -0.4 is 4.31 Å². The van der Waals surface area contributed by atoms with Gasteiger partial charge in [0.2, 0.25) is 15.9 Å². The first-order valence-electron chi connectivity index (χ1n) is 14.7. The first-order chi connectivity index (χ1) is 20.8. The van der Waals surface area contributed by atoms with Crippen LogP contribution >= 0.6 is 11.6 Å². The number of aryl methyl sites for hydroxylation is 1. The molecule has 1 aliphatic carbocycles. The van der Waals surface area contributed by atoms with Gasteiger partial charge in [-0.2, -0.15) is 5.26 Å². The molecule has 1 N–H and O–H groups in total. The number of sulfonamides is 1. The normalized spacial score (nSPS) is 22.7. The van der Waals surface area contributed by atoms with Crippen LogP contribution in [0.3, 0.4) is 0 Å². The predicted molar refractivity (Wildman–Crippen MR) is 170 cm³/mol. The summed E-state index contributed by atoms with van der Waals surface area (Å²) in [7, 11) is -3.88. The van der Waals surface area contributed by atoms with E-state index in [1.807, 2.05) is 49.4 Å². The number of hydrogen-bond acceptors (Lipinski definition) is 5. The van der Waals surface area contributed by atoms with Crippen LogP contribution in [0.15, 0.2) is 72.8 Å². The minimum atomic E-state index is -3.88. The van der Waals surface area contributed by atoms with Gasteiger partial charge >= 0.3 is 5.97 Å². The number of carboxylic acid groups (broad SMARTS) is 1. The van der Waals surface area contributed by atoms with Gasteiger partial charge in [0.15, 0.2) is 0 Å². The molecule has 44 heavy (non-hydrogen) atoms. The van der Waals surface area contributed by atoms with Crippen molar-refractivity contribution in [2.75, 3.05) is 17.1 Å². The lowest BCUT2D eigenvalue weighted by Gasteiger charge is -2.52. The standard InChI is InChI=1S/C34H36ClN3O5S/c1-22-11-13-24(14-12-22)32-28(25-8-6-9-27(35)17-25)18-34(2,19-31(39)40)33(41)38(32)30(23-15-16-23)21-37(44(3,42)43)29-10-5-4-7-26(29)20-36/h4-14,17,23,28,30,32H,15-16,18-19,21H2,1-3H3,(H,39,40)/t28?,30-,32?,34-/m1/s1. The number of rotatable bonds is 10. The van der Waals surface area contributed by atoms with E-state index < -0.39 is 33.5 Å². The number of aliphatic carboxylic acids is 1. The molecule has 3 aromatic rings. The number of para-hydroxylation sites is 1. The maximum atomic E-state index is 14.8. The summed E-state index contributed by atoms with van der Waals surface area (Å²) in [6.07, 6.45) is 2.60. The van der Waals surface area contributed by atoms with Crippen molar-refractivity contribution in [2.45, 2.75) is 57.5 Å². The van der Waals surface area contributed by atoms with Crippen LogP contribution in [0.5, 0.6) is 0 Å². The van der Waals surface area contributed by atoms with E-state index in [1.165, 1.54) is 4.31 Å². The van der Waals surface area contributed by atoms with Crippen LogP contribution in [0.1, 0.15) is 66.8 Å². The Morgan fingerprint density at radius 2 is 1.80 bits per heavy atom. The van der Waals surface area contributed by atoms with Crippen molar-refractivity contribution in [1.82, 2.24) is 4.90 Å². The molecule has 1 heterocycles. The zero-order chi connectivity index (χ0) is 31.8. The SMILES string of the molecule is Cc1ccc(C2C(c3cccc(Cl)c3)C[C@](C)(CC(=O)O)C(=O)N2[C@H](CN(c2ccccc2C#N)S(C)(=O)=O)C2CC2)cc1. The molecule has 4 atom stereocenters. The number of likely N-dealkylation sites (tertiary alicyclic amines) is 1. The topological polar surface area (TPSA) is 119 Å². The fourth-order valence-corrected chi connectivity index (χ4v) is 7.80. The van der Waals surface area contributed by atoms with Gasteiger partial charge in [0.1, 0.15) is 6.07 Å². The van der Waals surface area contributed by atoms with Gasteiger partial charge in [-0.15, -0.1) is 0 Å². The van der Waals surface area contributed by atoms with Crippen molar-refractivity contribution in [2.24, 2.45) is 11.3 Å². The quantitative estimate of drug-likeness (QED) is 0.280. The van der Waals surface area contributed by atoms with Crippen molar-refractivity contribution in [3.05, 3.63) is 100 Å². The fourth-order valence-electron chi connectivity index (χ4n) is 6.66. The maximum Gasteiger partial charge on any atom is 0.304 e. The summed E-state index contributed by atoms with van der Waals surface area (Å²) in [5.74, 6) is -1.72. The molecule has 0 bridgehead atoms. The molecule has 8 nitrogen and oxygen atoms in total. The molecule has 1 amide bonds. The van der Waals surface area contributed by atoms with E-state index >= 15 is 0 Å². The van der Waals surface area contributed by atoms with Crippen molar-refractivity contribution in [3.63, 3.8) is 0 Å². The first-order valence-corrected chi connectivity index (χ1v) is 16.9. The maximum absolute atomic E-state index is 14.8. The monoisotopic (exact) mass is 633 g/mol. The molecule has 0 spiro atoms. The predicted octanol–water partition coefficient (Wildman–Crippen LogP) is 6.30. The summed E-state index contributed by atoms with van der Waals surface area (Å²) in [5, 5.41) is 20.3. The van der Waals surface area contributed by atoms with Gasteiger partial charge in [0.05, 0.1) is 48.0 Å². The van der Waals surface area contributed by atoms with Gasteiger partial charge in [-0.3, -0.25) is 13.9 Å². The third-order valence-corrected chi connectivity index (χ3v) is 10.3. The molecule has 230 valence electrons. The molecule has 1 saturated carbocycles. The van der Waals surface area contributed by atoms with Gasteiger partial charge in [0, 0.05) is 10.9 Å². The van der Waals surface area contributed by atoms with Crippen LogP contribution in [-0.2, 0) is 19.6 Å². The highest BCUT2D eigenvalue weighted by Gasteiger charge is 2.55. The second-order valence-corrected chi connectivity index (χ2v) is 14.7. The van der Waals surface area contributed by atoms with E-state index in [-0.39, 0.29) is 48.4 Å². The number of anilines is 1. The summed E-state index contributed by atoms with van der Waals surface area (Å²) in [6, 6.07) is 22.9. The second kappa shape index (κ2) is 12.3. The van der Waals surface area contributed by atoms with Gasteiger partial charge in [0.25, 0.3) is 0 Å². The number of nitrogens with zero attached hydrogens (tertiary/aromatic N) is 3. The Labute approximate surface area is 263 Å². The minimum absolute atomic E-state index is 0.00224. The number of nitriles is 1. The molecule has 2 aliphatic rings. The highest BCUT2D eigenvalue weighted by atomic mass is 35.5. The molecule has 2 fully saturated rings. The molecule has 0 radical (unpaired) electrons. The average Bonchev–Trinajstić information content (AvgIpc) is 3.80. The lowest BCUT2D eigenvalue weighted by atomic mass is 9.67. The Morgan fingerprint density at radius 3 is 2.39 bits per heavy atom. The van der Waals surface area contributed by atoms with Crippen LogP contribution in [0.4, 0.5) is 5.69 Å². The van der Waals surface area contributed by atoms with E-state index in [9.17, 15) is 28.4 Å². The van der Waals surface area contributed by atoms with Crippen LogP contribution in [0.25, 0.3) is 0 Å². The largest absolute Gasteiger partial charge is 0.481 e. The summed E-state index contributed by atoms with van der Waals surface area (Å²) < 4.78 is 27.9. The summed E-state index contributed by atoms with van der Waals surface area (Å²) in [4.78, 5) is 28.7. The number of benzene rings is 3. The summed E-state index contributed by atoms with van der Waals surface area (Å²) in [6.45, 7) is 3.61. The third kappa shape index (κ3) is 6.47. The Hall–Kier alpha value is -3.87. The van der Waals surface area contributed by atoms with E-state index in [2.05, 4.69) is 6.07 Å². The number of amides is 1. The average molecular weight is 634 g/mol. The van der Waals surface area contributed by atoms with Crippen LogP contribution in [-0.4, -0.2) is 49.1 Å². The number of carbonyl (C=O) groups is 2. The zero-order valence-corrected chi connectivity index (χ0v) is 26.6. The summed E-state index contributed by atoms with van der Waals surface area (Å²) in [5.41, 5.74) is 2.00. The molecule has 1 aliphatic heterocycles. The van der Waals surface area contributed by atoms with Crippen molar-refractivity contribution in [3.8, 4) is 6.07 Å². The van der Waals surface area contributed by atoms with Crippen molar-refractivity contribution in [1.29, 1.82) is 5.26 Å². The van der Waals surface area contributed by atoms with Crippen molar-refractivity contribution < 1.29 is 23.1 Å². The number of hydrogen-bond donors (Lipinski definition) is 1. The molecule has 10 heteroatoms. The highest BCUT2D eigenvalue weighted by molar-refractivity contribution is 7.92. The fraction of sp³-hybridized carbons (Fsp3) is 0.382. The number of piperidine rings is 1. The Morgan fingerprint density at radius 1 is 1.11 bits per heavy atom. The molecule has 5 rings (SSSR count). The highest BCUT2D eigenvalue weighted by Crippen LogP contribution is 2.54. The lowest BCUT2D eigenvalue weighted by molar-refractivity contribution is -0.160. The number of carbonyl (C=O) groups excluding carboxylic acids is 1. The zero-order valence-electron chi connectivity index (χ0n) is 25.0. The molecule has 3 aromatic carbocycles. The van der Waals surface area contributed by atoms with E-state index in [1.54, 1.807) is 42.2 Å². The molecule has 0 aromatic heterocycles. The number of carboxylic acids is 1. The van der Waals surface area contributed by atoms with Crippen LogP contribution in [0.2, 0.25) is 5.02 Å². The molecule has 2 unspecified atom stereocenters. The molecular weight excluding hydrogens is 598 g/mol. The number of halogens is 1. The van der Waals surface area contributed by atoms with Gasteiger partial charge < -0.3 is 10.0 Å². The van der Waals surface area contributed by atoms with Crippen LogP contribution in [0, 0.1) is 29.6 Å². The van der Waals surface area contributed by atoms with Gasteiger partial charge in [-0.25, -0.2) is 8.42 Å². The van der Waals surface area contributed by atoms with Gasteiger partial charge in [-0.05, 0) is 67.5 Å².